The van der Waals surface area contributed by atoms with Gasteiger partial charge in [0.2, 0.25) is 0 Å². The zero-order chi connectivity index (χ0) is 13.3. The van der Waals surface area contributed by atoms with Crippen molar-refractivity contribution in [2.75, 3.05) is 27.2 Å². The monoisotopic (exact) mass is 238 g/mol. The molecule has 0 radical (unpaired) electrons. The molecule has 0 aliphatic carbocycles. The van der Waals surface area contributed by atoms with Crippen LogP contribution in [0.3, 0.4) is 0 Å². The molecule has 1 heterocycles. The summed E-state index contributed by atoms with van der Waals surface area (Å²) in [5, 5.41) is 10.3. The Bertz CT molecular complexity index is 339. The summed E-state index contributed by atoms with van der Waals surface area (Å²) in [6.07, 6.45) is 1.62. The van der Waals surface area contributed by atoms with Crippen LogP contribution in [0.1, 0.15) is 29.9 Å². The molecule has 0 fully saturated rings. The third kappa shape index (κ3) is 6.63. The van der Waals surface area contributed by atoms with Crippen molar-refractivity contribution in [3.63, 3.8) is 0 Å². The lowest BCUT2D eigenvalue weighted by atomic mass is 10.3. The Morgan fingerprint density at radius 1 is 1.41 bits per heavy atom. The van der Waals surface area contributed by atoms with Gasteiger partial charge < -0.3 is 10.2 Å². The fourth-order valence-corrected chi connectivity index (χ4v) is 1.06. The van der Waals surface area contributed by atoms with Crippen LogP contribution in [0.25, 0.3) is 0 Å². The van der Waals surface area contributed by atoms with Crippen molar-refractivity contribution < 1.29 is 4.79 Å². The molecule has 17 heavy (non-hydrogen) atoms. The van der Waals surface area contributed by atoms with Crippen LogP contribution in [0.5, 0.6) is 0 Å². The Morgan fingerprint density at radius 3 is 2.59 bits per heavy atom. The maximum absolute atomic E-state index is 11.5. The minimum atomic E-state index is -0.173. The van der Waals surface area contributed by atoms with Crippen LogP contribution in [-0.2, 0) is 0 Å². The zero-order valence-electron chi connectivity index (χ0n) is 11.3. The highest BCUT2D eigenvalue weighted by Crippen LogP contribution is 1.96. The van der Waals surface area contributed by atoms with Gasteiger partial charge in [0.05, 0.1) is 6.20 Å². The first-order chi connectivity index (χ1) is 8.09. The van der Waals surface area contributed by atoms with Crippen LogP contribution in [0.2, 0.25) is 0 Å². The summed E-state index contributed by atoms with van der Waals surface area (Å²) in [5.41, 5.74) is 1.30. The lowest BCUT2D eigenvalue weighted by Crippen LogP contribution is -2.31. The molecule has 1 amide bonds. The highest BCUT2D eigenvalue weighted by atomic mass is 16.1. The van der Waals surface area contributed by atoms with Crippen molar-refractivity contribution >= 4 is 5.91 Å². The zero-order valence-corrected chi connectivity index (χ0v) is 11.3. The Morgan fingerprint density at radius 2 is 2.06 bits per heavy atom. The smallest absolute Gasteiger partial charge is 0.271 e. The molecular weight excluding hydrogens is 216 g/mol. The summed E-state index contributed by atoms with van der Waals surface area (Å²) in [5.74, 6) is -0.173. The van der Waals surface area contributed by atoms with E-state index in [-0.39, 0.29) is 5.91 Å². The topological polar surface area (TPSA) is 58.1 Å². The fraction of sp³-hybridized carbons (Fsp3) is 0.583. The van der Waals surface area contributed by atoms with Crippen LogP contribution in [0.15, 0.2) is 12.3 Å². The Hall–Kier alpha value is -1.49. The van der Waals surface area contributed by atoms with Crippen LogP contribution < -0.4 is 5.32 Å². The van der Waals surface area contributed by atoms with Gasteiger partial charge in [0, 0.05) is 13.1 Å². The van der Waals surface area contributed by atoms with E-state index in [9.17, 15) is 4.79 Å². The third-order valence-corrected chi connectivity index (χ3v) is 1.87. The first-order valence-corrected chi connectivity index (χ1v) is 5.82. The van der Waals surface area contributed by atoms with E-state index in [4.69, 9.17) is 0 Å². The number of amides is 1. The molecule has 0 bridgehead atoms. The summed E-state index contributed by atoms with van der Waals surface area (Å²) in [4.78, 5) is 13.5. The average molecular weight is 238 g/mol. The molecule has 0 unspecified atom stereocenters. The molecule has 0 spiro atoms. The molecule has 0 aromatic carbocycles. The molecule has 0 saturated carbocycles. The van der Waals surface area contributed by atoms with Crippen molar-refractivity contribution in [3.05, 3.63) is 23.5 Å². The van der Waals surface area contributed by atoms with E-state index in [0.717, 1.165) is 12.1 Å². The van der Waals surface area contributed by atoms with Gasteiger partial charge in [-0.05, 0) is 32.6 Å². The average Bonchev–Trinajstić information content (AvgIpc) is 2.31. The van der Waals surface area contributed by atoms with E-state index < -0.39 is 0 Å². The van der Waals surface area contributed by atoms with Crippen molar-refractivity contribution in [3.8, 4) is 0 Å². The molecule has 1 aromatic heterocycles. The number of carbonyl (C=O) groups excluding carboxylic acids is 1. The van der Waals surface area contributed by atoms with Gasteiger partial charge in [0.1, 0.15) is 0 Å². The van der Waals surface area contributed by atoms with Gasteiger partial charge in [-0.1, -0.05) is 13.8 Å². The number of hydrogen-bond donors (Lipinski definition) is 1. The number of hydrogen-bond acceptors (Lipinski definition) is 4. The van der Waals surface area contributed by atoms with E-state index in [2.05, 4.69) is 15.5 Å². The second kappa shape index (κ2) is 8.64. The molecule has 0 saturated heterocycles. The van der Waals surface area contributed by atoms with Crippen LogP contribution in [0, 0.1) is 6.92 Å². The van der Waals surface area contributed by atoms with E-state index in [1.807, 2.05) is 39.8 Å². The van der Waals surface area contributed by atoms with Crippen LogP contribution >= 0.6 is 0 Å². The molecule has 0 aliphatic heterocycles. The van der Waals surface area contributed by atoms with E-state index in [1.54, 1.807) is 12.3 Å². The van der Waals surface area contributed by atoms with E-state index in [0.29, 0.717) is 12.2 Å². The van der Waals surface area contributed by atoms with Crippen molar-refractivity contribution in [2.24, 2.45) is 0 Å². The van der Waals surface area contributed by atoms with Gasteiger partial charge in [0.25, 0.3) is 5.91 Å². The Labute approximate surface area is 103 Å². The summed E-state index contributed by atoms with van der Waals surface area (Å²) in [6.45, 7) is 7.30. The normalized spacial score (nSPS) is 9.53. The molecule has 1 rings (SSSR count). The summed E-state index contributed by atoms with van der Waals surface area (Å²) < 4.78 is 0. The molecule has 1 aromatic rings. The Kier molecular flexibility index (Phi) is 7.88. The molecule has 0 atom stereocenters. The second-order valence-electron chi connectivity index (χ2n) is 3.68. The fourth-order valence-electron chi connectivity index (χ4n) is 1.06. The number of rotatable bonds is 4. The summed E-state index contributed by atoms with van der Waals surface area (Å²) in [7, 11) is 3.91. The maximum atomic E-state index is 11.5. The standard InChI is InChI=1S/C10H16N4O.C2H6/c1-8-6-9(13-12-7-8)10(15)11-4-5-14(2)3;1-2/h6-7H,4-5H2,1-3H3,(H,11,15);1-2H3. The molecule has 1 N–H and O–H groups in total. The number of nitrogens with one attached hydrogen (secondary N) is 1. The van der Waals surface area contributed by atoms with Crippen LogP contribution in [-0.4, -0.2) is 48.2 Å². The number of carbonyl (C=O) groups is 1. The highest BCUT2D eigenvalue weighted by molar-refractivity contribution is 5.92. The largest absolute Gasteiger partial charge is 0.349 e. The molecule has 96 valence electrons. The van der Waals surface area contributed by atoms with E-state index in [1.165, 1.54) is 0 Å². The number of nitrogens with zero attached hydrogens (tertiary/aromatic N) is 3. The molecule has 5 nitrogen and oxygen atoms in total. The van der Waals surface area contributed by atoms with Gasteiger partial charge in [-0.3, -0.25) is 4.79 Å². The SMILES string of the molecule is CC.Cc1cnnc(C(=O)NCCN(C)C)c1. The van der Waals surface area contributed by atoms with Crippen molar-refractivity contribution in [1.29, 1.82) is 0 Å². The first kappa shape index (κ1) is 15.5. The number of aryl methyl sites for hydroxylation is 1. The highest BCUT2D eigenvalue weighted by Gasteiger charge is 2.06. The predicted octanol–water partition coefficient (Wildman–Crippen LogP) is 1.10. The first-order valence-electron chi connectivity index (χ1n) is 5.82. The minimum absolute atomic E-state index is 0.173. The van der Waals surface area contributed by atoms with Gasteiger partial charge >= 0.3 is 0 Å². The number of aromatic nitrogens is 2. The molecular formula is C12H22N4O. The Balaban J connectivity index is 0.00000121. The molecule has 5 heteroatoms. The van der Waals surface area contributed by atoms with Gasteiger partial charge in [0.15, 0.2) is 5.69 Å². The van der Waals surface area contributed by atoms with Gasteiger partial charge in [-0.15, -0.1) is 5.10 Å². The number of likely N-dealkylation sites (N-methyl/N-ethyl adjacent to an activating group) is 1. The lowest BCUT2D eigenvalue weighted by Gasteiger charge is -2.09. The van der Waals surface area contributed by atoms with Crippen molar-refractivity contribution in [1.82, 2.24) is 20.4 Å². The summed E-state index contributed by atoms with van der Waals surface area (Å²) in [6, 6.07) is 1.72. The lowest BCUT2D eigenvalue weighted by molar-refractivity contribution is 0.0945. The van der Waals surface area contributed by atoms with Gasteiger partial charge in [-0.2, -0.15) is 5.10 Å². The summed E-state index contributed by atoms with van der Waals surface area (Å²) >= 11 is 0. The predicted molar refractivity (Wildman–Crippen MR) is 69.0 cm³/mol. The molecule has 0 aliphatic rings. The second-order valence-corrected chi connectivity index (χ2v) is 3.68. The van der Waals surface area contributed by atoms with Gasteiger partial charge in [-0.25, -0.2) is 0 Å². The minimum Gasteiger partial charge on any atom is -0.349 e. The maximum Gasteiger partial charge on any atom is 0.271 e. The third-order valence-electron chi connectivity index (χ3n) is 1.87. The van der Waals surface area contributed by atoms with Crippen molar-refractivity contribution in [2.45, 2.75) is 20.8 Å². The van der Waals surface area contributed by atoms with Crippen LogP contribution in [0.4, 0.5) is 0 Å². The van der Waals surface area contributed by atoms with E-state index >= 15 is 0 Å². The quantitative estimate of drug-likeness (QED) is 0.853.